The number of ketones is 1. The van der Waals surface area contributed by atoms with E-state index in [0.717, 1.165) is 0 Å². The lowest BCUT2D eigenvalue weighted by atomic mass is 10.1. The van der Waals surface area contributed by atoms with Gasteiger partial charge in [0.1, 0.15) is 17.1 Å². The zero-order valence-electron chi connectivity index (χ0n) is 9.23. The number of rotatable bonds is 4. The minimum absolute atomic E-state index is 0.0127. The molecule has 0 saturated heterocycles. The van der Waals surface area contributed by atoms with E-state index in [9.17, 15) is 9.59 Å². The normalized spacial score (nSPS) is 9.69. The van der Waals surface area contributed by atoms with Crippen LogP contribution in [0.25, 0.3) is 0 Å². The van der Waals surface area contributed by atoms with Crippen LogP contribution in [0.3, 0.4) is 0 Å². The predicted molar refractivity (Wildman–Crippen MR) is 56.5 cm³/mol. The molecule has 0 amide bonds. The van der Waals surface area contributed by atoms with Gasteiger partial charge in [-0.1, -0.05) is 0 Å². The molecule has 0 fully saturated rings. The lowest BCUT2D eigenvalue weighted by Crippen LogP contribution is -2.05. The predicted octanol–water partition coefficient (Wildman–Crippen LogP) is 1.60. The average molecular weight is 224 g/mol. The van der Waals surface area contributed by atoms with E-state index < -0.39 is 5.97 Å². The van der Waals surface area contributed by atoms with Gasteiger partial charge in [0.15, 0.2) is 5.78 Å². The second-order valence-corrected chi connectivity index (χ2v) is 3.12. The van der Waals surface area contributed by atoms with Crippen molar-refractivity contribution in [3.05, 3.63) is 23.3 Å². The highest BCUT2D eigenvalue weighted by Gasteiger charge is 2.18. The number of carbonyl (C=O) groups is 2. The molecule has 1 aromatic rings. The van der Waals surface area contributed by atoms with E-state index in [1.807, 2.05) is 0 Å². The molecule has 0 aliphatic heterocycles. The van der Waals surface area contributed by atoms with E-state index in [1.165, 1.54) is 33.3 Å². The van der Waals surface area contributed by atoms with Gasteiger partial charge < -0.3 is 14.6 Å². The van der Waals surface area contributed by atoms with Crippen LogP contribution in [0.1, 0.15) is 27.6 Å². The second-order valence-electron chi connectivity index (χ2n) is 3.12. The number of carboxylic acids is 1. The topological polar surface area (TPSA) is 72.8 Å². The maximum atomic E-state index is 11.4. The fourth-order valence-corrected chi connectivity index (χ4v) is 1.38. The number of methoxy groups -OCH3 is 2. The van der Waals surface area contributed by atoms with E-state index in [1.54, 1.807) is 0 Å². The number of carbonyl (C=O) groups excluding carboxylic acids is 1. The lowest BCUT2D eigenvalue weighted by Gasteiger charge is -2.11. The molecule has 0 aliphatic rings. The molecule has 0 aromatic heterocycles. The number of aromatic carboxylic acids is 1. The van der Waals surface area contributed by atoms with Crippen LogP contribution in [-0.4, -0.2) is 31.1 Å². The van der Waals surface area contributed by atoms with Gasteiger partial charge in [-0.2, -0.15) is 0 Å². The molecule has 1 aromatic carbocycles. The quantitative estimate of drug-likeness (QED) is 0.786. The minimum Gasteiger partial charge on any atom is -0.496 e. The third-order valence-electron chi connectivity index (χ3n) is 2.10. The largest absolute Gasteiger partial charge is 0.496 e. The van der Waals surface area contributed by atoms with Crippen LogP contribution in [-0.2, 0) is 0 Å². The number of Topliss-reactive ketones (excluding diaryl/α,β-unsaturated/α-hetero) is 1. The number of benzene rings is 1. The van der Waals surface area contributed by atoms with Crippen LogP contribution < -0.4 is 9.47 Å². The van der Waals surface area contributed by atoms with E-state index in [2.05, 4.69) is 0 Å². The van der Waals surface area contributed by atoms with Crippen molar-refractivity contribution in [2.75, 3.05) is 14.2 Å². The van der Waals surface area contributed by atoms with Gasteiger partial charge in [0, 0.05) is 0 Å². The molecule has 0 spiro atoms. The molecular weight excluding hydrogens is 212 g/mol. The molecule has 1 rings (SSSR count). The molecule has 16 heavy (non-hydrogen) atoms. The van der Waals surface area contributed by atoms with Gasteiger partial charge in [0.25, 0.3) is 0 Å². The molecule has 0 heterocycles. The maximum absolute atomic E-state index is 11.4. The van der Waals surface area contributed by atoms with E-state index in [4.69, 9.17) is 14.6 Å². The SMILES string of the molecule is COc1cc(C(=O)O)cc(OC)c1C(C)=O. The Kier molecular flexibility index (Phi) is 3.50. The van der Waals surface area contributed by atoms with Crippen LogP contribution in [0.4, 0.5) is 0 Å². The van der Waals surface area contributed by atoms with Crippen molar-refractivity contribution in [1.29, 1.82) is 0 Å². The number of hydrogen-bond donors (Lipinski definition) is 1. The van der Waals surface area contributed by atoms with Gasteiger partial charge in [0.05, 0.1) is 19.8 Å². The molecule has 0 saturated carbocycles. The van der Waals surface area contributed by atoms with Gasteiger partial charge in [-0.25, -0.2) is 4.79 Å². The Balaban J connectivity index is 3.49. The van der Waals surface area contributed by atoms with E-state index in [-0.39, 0.29) is 28.4 Å². The van der Waals surface area contributed by atoms with Crippen molar-refractivity contribution in [1.82, 2.24) is 0 Å². The Morgan fingerprint density at radius 1 is 1.12 bits per heavy atom. The first kappa shape index (κ1) is 12.0. The summed E-state index contributed by atoms with van der Waals surface area (Å²) in [6.45, 7) is 1.36. The van der Waals surface area contributed by atoms with Crippen molar-refractivity contribution in [2.45, 2.75) is 6.92 Å². The molecule has 86 valence electrons. The fourth-order valence-electron chi connectivity index (χ4n) is 1.38. The highest BCUT2D eigenvalue weighted by molar-refractivity contribution is 6.01. The minimum atomic E-state index is -1.10. The third-order valence-corrected chi connectivity index (χ3v) is 2.10. The van der Waals surface area contributed by atoms with Crippen molar-refractivity contribution >= 4 is 11.8 Å². The second kappa shape index (κ2) is 4.65. The summed E-state index contributed by atoms with van der Waals surface area (Å²) in [6.07, 6.45) is 0. The van der Waals surface area contributed by atoms with Crippen molar-refractivity contribution in [2.24, 2.45) is 0 Å². The van der Waals surface area contributed by atoms with E-state index in [0.29, 0.717) is 0 Å². The average Bonchev–Trinajstić information content (AvgIpc) is 2.26. The van der Waals surface area contributed by atoms with Crippen LogP contribution in [0.2, 0.25) is 0 Å². The van der Waals surface area contributed by atoms with Crippen LogP contribution in [0.5, 0.6) is 11.5 Å². The van der Waals surface area contributed by atoms with Crippen LogP contribution in [0, 0.1) is 0 Å². The molecule has 0 bridgehead atoms. The van der Waals surface area contributed by atoms with Gasteiger partial charge in [-0.05, 0) is 19.1 Å². The lowest BCUT2D eigenvalue weighted by molar-refractivity contribution is 0.0695. The molecular formula is C11H12O5. The van der Waals surface area contributed by atoms with Crippen molar-refractivity contribution in [3.63, 3.8) is 0 Å². The molecule has 0 radical (unpaired) electrons. The molecule has 0 unspecified atom stereocenters. The van der Waals surface area contributed by atoms with E-state index >= 15 is 0 Å². The van der Waals surface area contributed by atoms with Gasteiger partial charge >= 0.3 is 5.97 Å². The number of carboxylic acid groups (broad SMARTS) is 1. The Morgan fingerprint density at radius 3 is 1.81 bits per heavy atom. The number of hydrogen-bond acceptors (Lipinski definition) is 4. The summed E-state index contributed by atoms with van der Waals surface area (Å²) in [7, 11) is 2.74. The first-order chi connectivity index (χ1) is 7.51. The zero-order valence-corrected chi connectivity index (χ0v) is 9.23. The number of ether oxygens (including phenoxy) is 2. The van der Waals surface area contributed by atoms with Crippen molar-refractivity contribution < 1.29 is 24.2 Å². The molecule has 5 heteroatoms. The summed E-state index contributed by atoms with van der Waals surface area (Å²) < 4.78 is 9.95. The Morgan fingerprint density at radius 2 is 1.56 bits per heavy atom. The molecule has 5 nitrogen and oxygen atoms in total. The van der Waals surface area contributed by atoms with Crippen LogP contribution in [0.15, 0.2) is 12.1 Å². The Hall–Kier alpha value is -2.04. The van der Waals surface area contributed by atoms with Crippen LogP contribution >= 0.6 is 0 Å². The van der Waals surface area contributed by atoms with Gasteiger partial charge in [-0.3, -0.25) is 4.79 Å². The molecule has 1 N–H and O–H groups in total. The maximum Gasteiger partial charge on any atom is 0.335 e. The van der Waals surface area contributed by atoms with Gasteiger partial charge in [0.2, 0.25) is 0 Å². The highest BCUT2D eigenvalue weighted by Crippen LogP contribution is 2.30. The first-order valence-electron chi connectivity index (χ1n) is 4.51. The summed E-state index contributed by atoms with van der Waals surface area (Å²) in [5.74, 6) is -0.953. The molecule has 0 atom stereocenters. The third kappa shape index (κ3) is 2.13. The smallest absolute Gasteiger partial charge is 0.335 e. The summed E-state index contributed by atoms with van der Waals surface area (Å²) in [5, 5.41) is 8.86. The summed E-state index contributed by atoms with van der Waals surface area (Å²) in [4.78, 5) is 22.2. The Labute approximate surface area is 92.6 Å². The summed E-state index contributed by atoms with van der Waals surface area (Å²) in [5.41, 5.74) is 0.258. The standard InChI is InChI=1S/C11H12O5/c1-6(12)10-8(15-2)4-7(11(13)14)5-9(10)16-3/h4-5H,1-3H3,(H,13,14). The summed E-state index contributed by atoms with van der Waals surface area (Å²) in [6, 6.07) is 2.59. The fraction of sp³-hybridized carbons (Fsp3) is 0.273. The molecule has 0 aliphatic carbocycles. The first-order valence-corrected chi connectivity index (χ1v) is 4.51. The Bertz CT molecular complexity index is 411. The van der Waals surface area contributed by atoms with Gasteiger partial charge in [-0.15, -0.1) is 0 Å². The monoisotopic (exact) mass is 224 g/mol. The highest BCUT2D eigenvalue weighted by atomic mass is 16.5. The summed E-state index contributed by atoms with van der Waals surface area (Å²) >= 11 is 0. The zero-order chi connectivity index (χ0) is 12.3. The van der Waals surface area contributed by atoms with Crippen molar-refractivity contribution in [3.8, 4) is 11.5 Å².